The summed E-state index contributed by atoms with van der Waals surface area (Å²) in [5.74, 6) is 0.363. The van der Waals surface area contributed by atoms with Crippen LogP contribution in [0.5, 0.6) is 5.75 Å². The van der Waals surface area contributed by atoms with Crippen LogP contribution in [0, 0.1) is 6.57 Å². The highest BCUT2D eigenvalue weighted by Gasteiger charge is 2.14. The molecule has 4 aromatic rings. The highest BCUT2D eigenvalue weighted by atomic mass is 16.5. The Bertz CT molecular complexity index is 1270. The van der Waals surface area contributed by atoms with E-state index in [1.54, 1.807) is 19.3 Å². The third-order valence-corrected chi connectivity index (χ3v) is 4.93. The number of para-hydroxylation sites is 2. The Morgan fingerprint density at radius 2 is 1.84 bits per heavy atom. The number of carbonyl (C=O) groups is 1. The summed E-state index contributed by atoms with van der Waals surface area (Å²) in [6.45, 7) is 9.94. The van der Waals surface area contributed by atoms with Gasteiger partial charge in [-0.25, -0.2) is 4.85 Å². The molecule has 1 heterocycles. The van der Waals surface area contributed by atoms with Gasteiger partial charge in [0.05, 0.1) is 25.9 Å². The van der Waals surface area contributed by atoms with Gasteiger partial charge in [0.25, 0.3) is 0 Å². The summed E-state index contributed by atoms with van der Waals surface area (Å²) >= 11 is 0. The zero-order valence-corrected chi connectivity index (χ0v) is 17.1. The maximum Gasteiger partial charge on any atom is 0.310 e. The van der Waals surface area contributed by atoms with E-state index < -0.39 is 0 Å². The van der Waals surface area contributed by atoms with Crippen molar-refractivity contribution in [1.29, 1.82) is 0 Å². The van der Waals surface area contributed by atoms with Crippen molar-refractivity contribution in [3.8, 4) is 16.9 Å². The quantitative estimate of drug-likeness (QED) is 0.263. The number of rotatable bonds is 7. The number of hydrogen-bond donors (Lipinski definition) is 0. The number of carbonyl (C=O) groups excluding carboxylic acids is 1. The minimum Gasteiger partial charge on any atom is -0.489 e. The molecule has 4 rings (SSSR count). The van der Waals surface area contributed by atoms with Crippen LogP contribution in [0.1, 0.15) is 18.1 Å². The lowest BCUT2D eigenvalue weighted by Gasteiger charge is -2.13. The largest absolute Gasteiger partial charge is 0.489 e. The SMILES string of the molecule is [C-]#[N+]c1ccccc1-c1cc(COc2ccccc2CC(=O)OCC)cc2ccoc12. The Labute approximate surface area is 180 Å². The first-order valence-electron chi connectivity index (χ1n) is 10.0. The molecule has 3 aromatic carbocycles. The average Bonchev–Trinajstić information content (AvgIpc) is 3.27. The van der Waals surface area contributed by atoms with Gasteiger partial charge in [-0.3, -0.25) is 4.79 Å². The van der Waals surface area contributed by atoms with E-state index in [0.717, 1.165) is 33.2 Å². The molecular weight excluding hydrogens is 390 g/mol. The molecule has 1 aromatic heterocycles. The van der Waals surface area contributed by atoms with Gasteiger partial charge in [-0.05, 0) is 42.3 Å². The lowest BCUT2D eigenvalue weighted by Crippen LogP contribution is -2.09. The van der Waals surface area contributed by atoms with Crippen LogP contribution in [0.15, 0.2) is 77.4 Å². The summed E-state index contributed by atoms with van der Waals surface area (Å²) in [5, 5.41) is 0.940. The highest BCUT2D eigenvalue weighted by molar-refractivity contribution is 5.96. The maximum atomic E-state index is 11.9. The molecule has 0 unspecified atom stereocenters. The zero-order valence-electron chi connectivity index (χ0n) is 17.1. The number of ether oxygens (including phenoxy) is 2. The minimum atomic E-state index is -0.281. The fraction of sp³-hybridized carbons (Fsp3) is 0.154. The van der Waals surface area contributed by atoms with Crippen molar-refractivity contribution < 1.29 is 18.7 Å². The molecule has 0 N–H and O–H groups in total. The molecule has 0 aliphatic heterocycles. The second kappa shape index (κ2) is 9.19. The molecule has 154 valence electrons. The van der Waals surface area contributed by atoms with Gasteiger partial charge in [-0.1, -0.05) is 42.5 Å². The van der Waals surface area contributed by atoms with Gasteiger partial charge in [0.1, 0.15) is 17.9 Å². The van der Waals surface area contributed by atoms with Crippen molar-refractivity contribution in [3.63, 3.8) is 0 Å². The molecule has 0 fully saturated rings. The molecule has 5 nitrogen and oxygen atoms in total. The lowest BCUT2D eigenvalue weighted by molar-refractivity contribution is -0.142. The van der Waals surface area contributed by atoms with Gasteiger partial charge in [0.15, 0.2) is 5.69 Å². The zero-order chi connectivity index (χ0) is 21.6. The van der Waals surface area contributed by atoms with E-state index in [1.807, 2.05) is 60.7 Å². The van der Waals surface area contributed by atoms with Crippen LogP contribution in [-0.2, 0) is 22.6 Å². The van der Waals surface area contributed by atoms with Crippen LogP contribution in [0.25, 0.3) is 26.9 Å². The second-order valence-electron chi connectivity index (χ2n) is 6.99. The summed E-state index contributed by atoms with van der Waals surface area (Å²) in [4.78, 5) is 15.6. The molecule has 0 radical (unpaired) electrons. The van der Waals surface area contributed by atoms with Crippen LogP contribution < -0.4 is 4.74 Å². The van der Waals surface area contributed by atoms with Crippen LogP contribution >= 0.6 is 0 Å². The minimum absolute atomic E-state index is 0.161. The van der Waals surface area contributed by atoms with Crippen LogP contribution in [0.2, 0.25) is 0 Å². The Kier molecular flexibility index (Phi) is 6.00. The molecule has 0 atom stereocenters. The van der Waals surface area contributed by atoms with Crippen molar-refractivity contribution in [1.82, 2.24) is 0 Å². The number of nitrogens with zero attached hydrogens (tertiary/aromatic N) is 1. The van der Waals surface area contributed by atoms with E-state index in [0.29, 0.717) is 24.7 Å². The first-order valence-corrected chi connectivity index (χ1v) is 10.0. The fourth-order valence-corrected chi connectivity index (χ4v) is 3.55. The first kappa shape index (κ1) is 20.2. The predicted molar refractivity (Wildman–Crippen MR) is 119 cm³/mol. The third kappa shape index (κ3) is 4.44. The monoisotopic (exact) mass is 411 g/mol. The first-order chi connectivity index (χ1) is 15.2. The van der Waals surface area contributed by atoms with Crippen molar-refractivity contribution in [3.05, 3.63) is 95.5 Å². The summed E-state index contributed by atoms with van der Waals surface area (Å²) in [5.41, 5.74) is 4.70. The van der Waals surface area contributed by atoms with E-state index in [-0.39, 0.29) is 12.4 Å². The number of fused-ring (bicyclic) bond motifs is 1. The predicted octanol–water partition coefficient (Wildman–Crippen LogP) is 6.34. The van der Waals surface area contributed by atoms with Crippen molar-refractivity contribution >= 4 is 22.6 Å². The molecule has 31 heavy (non-hydrogen) atoms. The molecule has 0 amide bonds. The Balaban J connectivity index is 1.64. The lowest BCUT2D eigenvalue weighted by atomic mass is 9.99. The number of furan rings is 1. The normalized spacial score (nSPS) is 10.6. The van der Waals surface area contributed by atoms with Gasteiger partial charge in [0, 0.05) is 16.5 Å². The summed E-state index contributed by atoms with van der Waals surface area (Å²) in [6, 6.07) is 20.8. The van der Waals surface area contributed by atoms with E-state index in [1.165, 1.54) is 0 Å². The van der Waals surface area contributed by atoms with Crippen molar-refractivity contribution in [2.45, 2.75) is 20.0 Å². The van der Waals surface area contributed by atoms with Gasteiger partial charge in [-0.15, -0.1) is 0 Å². The van der Waals surface area contributed by atoms with Crippen LogP contribution in [0.4, 0.5) is 5.69 Å². The van der Waals surface area contributed by atoms with E-state index >= 15 is 0 Å². The highest BCUT2D eigenvalue weighted by Crippen LogP contribution is 2.37. The number of hydrogen-bond acceptors (Lipinski definition) is 4. The standard InChI is InChI=1S/C26H21NO4/c1-3-29-25(28)16-19-8-4-7-11-24(19)31-17-18-14-20-12-13-30-26(20)22(15-18)21-9-5-6-10-23(21)27-2/h4-15H,3,16-17H2,1H3. The Morgan fingerprint density at radius 1 is 1.03 bits per heavy atom. The number of benzene rings is 3. The molecule has 0 spiro atoms. The van der Waals surface area contributed by atoms with Gasteiger partial charge in [-0.2, -0.15) is 0 Å². The molecule has 5 heteroatoms. The van der Waals surface area contributed by atoms with E-state index in [9.17, 15) is 4.79 Å². The van der Waals surface area contributed by atoms with Gasteiger partial charge >= 0.3 is 5.97 Å². The number of esters is 1. The fourth-order valence-electron chi connectivity index (χ4n) is 3.55. The molecule has 0 bridgehead atoms. The second-order valence-corrected chi connectivity index (χ2v) is 6.99. The average molecular weight is 411 g/mol. The topological polar surface area (TPSA) is 53.0 Å². The third-order valence-electron chi connectivity index (χ3n) is 4.93. The van der Waals surface area contributed by atoms with Crippen molar-refractivity contribution in [2.75, 3.05) is 6.61 Å². The van der Waals surface area contributed by atoms with E-state index in [2.05, 4.69) is 4.85 Å². The molecule has 0 aliphatic rings. The Hall–Kier alpha value is -4.04. The maximum absolute atomic E-state index is 11.9. The van der Waals surface area contributed by atoms with Gasteiger partial charge < -0.3 is 13.9 Å². The van der Waals surface area contributed by atoms with Crippen LogP contribution in [0.3, 0.4) is 0 Å². The smallest absolute Gasteiger partial charge is 0.310 e. The molecular formula is C26H21NO4. The summed E-state index contributed by atoms with van der Waals surface area (Å²) < 4.78 is 16.8. The van der Waals surface area contributed by atoms with Crippen molar-refractivity contribution in [2.24, 2.45) is 0 Å². The van der Waals surface area contributed by atoms with Crippen LogP contribution in [-0.4, -0.2) is 12.6 Å². The molecule has 0 saturated carbocycles. The summed E-state index contributed by atoms with van der Waals surface area (Å²) in [7, 11) is 0. The van der Waals surface area contributed by atoms with E-state index in [4.69, 9.17) is 20.5 Å². The van der Waals surface area contributed by atoms with Gasteiger partial charge in [0.2, 0.25) is 0 Å². The summed E-state index contributed by atoms with van der Waals surface area (Å²) in [6.07, 6.45) is 1.81. The molecule has 0 aliphatic carbocycles. The molecule has 0 saturated heterocycles. The Morgan fingerprint density at radius 3 is 2.68 bits per heavy atom.